The minimum Gasteiger partial charge on any atom is -0.438 e. The van der Waals surface area contributed by atoms with E-state index in [9.17, 15) is 4.79 Å². The highest BCUT2D eigenvalue weighted by atomic mass is 79.9. The molecule has 138 valence electrons. The Bertz CT molecular complexity index is 993. The third-order valence-electron chi connectivity index (χ3n) is 4.36. The van der Waals surface area contributed by atoms with Crippen molar-refractivity contribution in [2.24, 2.45) is 5.10 Å². The largest absolute Gasteiger partial charge is 0.438 e. The van der Waals surface area contributed by atoms with Crippen molar-refractivity contribution in [1.82, 2.24) is 5.43 Å². The molecule has 6 nitrogen and oxygen atoms in total. The molecule has 0 atom stereocenters. The van der Waals surface area contributed by atoms with Crippen LogP contribution in [0.2, 0.25) is 0 Å². The van der Waals surface area contributed by atoms with Crippen molar-refractivity contribution < 1.29 is 13.9 Å². The van der Waals surface area contributed by atoms with Gasteiger partial charge < -0.3 is 14.1 Å². The Hall–Kier alpha value is -2.64. The molecule has 7 heteroatoms. The lowest BCUT2D eigenvalue weighted by molar-refractivity contribution is 0.0955. The number of nitrogens with one attached hydrogen (secondary N) is 1. The molecule has 1 amide bonds. The number of morpholine rings is 1. The number of halogens is 1. The SMILES string of the molecule is O=C(N/N=C\c1cc(Br)c(N2CCOCC2)o1)c1ccc2ccccc2c1. The maximum Gasteiger partial charge on any atom is 0.271 e. The van der Waals surface area contributed by atoms with Crippen molar-refractivity contribution in [1.29, 1.82) is 0 Å². The number of amides is 1. The van der Waals surface area contributed by atoms with Gasteiger partial charge in [-0.3, -0.25) is 4.79 Å². The first kappa shape index (κ1) is 17.8. The van der Waals surface area contributed by atoms with Crippen molar-refractivity contribution in [3.8, 4) is 0 Å². The topological polar surface area (TPSA) is 67.1 Å². The minimum atomic E-state index is -0.268. The summed E-state index contributed by atoms with van der Waals surface area (Å²) in [5.74, 6) is 1.04. The average Bonchev–Trinajstić information content (AvgIpc) is 3.08. The highest BCUT2D eigenvalue weighted by Gasteiger charge is 2.18. The van der Waals surface area contributed by atoms with Crippen molar-refractivity contribution in [2.75, 3.05) is 31.2 Å². The number of rotatable bonds is 4. The molecule has 1 aromatic heterocycles. The number of hydrogen-bond donors (Lipinski definition) is 1. The smallest absolute Gasteiger partial charge is 0.271 e. The summed E-state index contributed by atoms with van der Waals surface area (Å²) in [7, 11) is 0. The predicted molar refractivity (Wildman–Crippen MR) is 108 cm³/mol. The summed E-state index contributed by atoms with van der Waals surface area (Å²) in [5, 5.41) is 6.12. The molecule has 3 aromatic rings. The Morgan fingerprint density at radius 1 is 1.11 bits per heavy atom. The van der Waals surface area contributed by atoms with Crippen molar-refractivity contribution in [2.45, 2.75) is 0 Å². The molecule has 0 bridgehead atoms. The van der Waals surface area contributed by atoms with E-state index in [4.69, 9.17) is 9.15 Å². The summed E-state index contributed by atoms with van der Waals surface area (Å²) in [6.07, 6.45) is 1.49. The molecule has 27 heavy (non-hydrogen) atoms. The van der Waals surface area contributed by atoms with E-state index in [0.29, 0.717) is 24.5 Å². The van der Waals surface area contributed by atoms with Gasteiger partial charge in [-0.2, -0.15) is 5.10 Å². The number of hydrazone groups is 1. The molecule has 0 saturated carbocycles. The summed E-state index contributed by atoms with van der Waals surface area (Å²) in [6, 6.07) is 15.3. The standard InChI is InChI=1S/C20H18BrN3O3/c21-18-12-17(27-20(18)24-7-9-26-10-8-24)13-22-23-19(25)16-6-5-14-3-1-2-4-15(14)11-16/h1-6,11-13H,7-10H2,(H,23,25)/b22-13-. The lowest BCUT2D eigenvalue weighted by atomic mass is 10.1. The zero-order valence-corrected chi connectivity index (χ0v) is 16.1. The molecular weight excluding hydrogens is 410 g/mol. The van der Waals surface area contributed by atoms with Gasteiger partial charge in [-0.1, -0.05) is 30.3 Å². The molecule has 0 aliphatic carbocycles. The summed E-state index contributed by atoms with van der Waals surface area (Å²) in [4.78, 5) is 14.4. The normalized spacial score (nSPS) is 14.8. The molecule has 2 heterocycles. The number of carbonyl (C=O) groups is 1. The van der Waals surface area contributed by atoms with Gasteiger partial charge in [0, 0.05) is 24.7 Å². The highest BCUT2D eigenvalue weighted by molar-refractivity contribution is 9.10. The van der Waals surface area contributed by atoms with Crippen LogP contribution in [0.25, 0.3) is 10.8 Å². The molecule has 0 unspecified atom stereocenters. The summed E-state index contributed by atoms with van der Waals surface area (Å²) in [5.41, 5.74) is 3.10. The van der Waals surface area contributed by atoms with Crippen LogP contribution in [-0.2, 0) is 4.74 Å². The van der Waals surface area contributed by atoms with Crippen LogP contribution < -0.4 is 10.3 Å². The number of benzene rings is 2. The molecular formula is C20H18BrN3O3. The summed E-state index contributed by atoms with van der Waals surface area (Å²) >= 11 is 3.51. The van der Waals surface area contributed by atoms with Crippen molar-refractivity contribution >= 4 is 44.7 Å². The fourth-order valence-electron chi connectivity index (χ4n) is 2.97. The Morgan fingerprint density at radius 3 is 2.70 bits per heavy atom. The van der Waals surface area contributed by atoms with Crippen LogP contribution in [0.5, 0.6) is 0 Å². The number of hydrogen-bond acceptors (Lipinski definition) is 5. The maximum atomic E-state index is 12.3. The monoisotopic (exact) mass is 427 g/mol. The van der Waals surface area contributed by atoms with Crippen LogP contribution in [0.1, 0.15) is 16.1 Å². The van der Waals surface area contributed by atoms with Gasteiger partial charge in [0.05, 0.1) is 23.9 Å². The van der Waals surface area contributed by atoms with Gasteiger partial charge >= 0.3 is 0 Å². The highest BCUT2D eigenvalue weighted by Crippen LogP contribution is 2.30. The quantitative estimate of drug-likeness (QED) is 0.507. The first-order valence-corrected chi connectivity index (χ1v) is 9.44. The van der Waals surface area contributed by atoms with Crippen LogP contribution in [0.4, 0.5) is 5.88 Å². The van der Waals surface area contributed by atoms with E-state index in [0.717, 1.165) is 34.2 Å². The van der Waals surface area contributed by atoms with Crippen molar-refractivity contribution in [3.63, 3.8) is 0 Å². The maximum absolute atomic E-state index is 12.3. The number of fused-ring (bicyclic) bond motifs is 1. The predicted octanol–water partition coefficient (Wildman–Crippen LogP) is 3.80. The second kappa shape index (κ2) is 7.94. The van der Waals surface area contributed by atoms with Gasteiger partial charge in [0.2, 0.25) is 5.88 Å². The molecule has 1 saturated heterocycles. The first-order valence-electron chi connectivity index (χ1n) is 8.65. The van der Waals surface area contributed by atoms with Gasteiger partial charge in [-0.05, 0) is 38.8 Å². The molecule has 0 radical (unpaired) electrons. The third kappa shape index (κ3) is 4.04. The molecule has 2 aromatic carbocycles. The van der Waals surface area contributed by atoms with E-state index >= 15 is 0 Å². The Kier molecular flexibility index (Phi) is 5.22. The van der Waals surface area contributed by atoms with Gasteiger partial charge in [-0.15, -0.1) is 0 Å². The van der Waals surface area contributed by atoms with Crippen LogP contribution >= 0.6 is 15.9 Å². The zero-order chi connectivity index (χ0) is 18.6. The van der Waals surface area contributed by atoms with E-state index in [1.807, 2.05) is 42.5 Å². The average molecular weight is 428 g/mol. The van der Waals surface area contributed by atoms with Crippen LogP contribution in [0.15, 0.2) is 62.5 Å². The van der Waals surface area contributed by atoms with Gasteiger partial charge in [0.15, 0.2) is 5.76 Å². The Balaban J connectivity index is 1.43. The van der Waals surface area contributed by atoms with E-state index in [1.54, 1.807) is 6.07 Å². The Morgan fingerprint density at radius 2 is 1.89 bits per heavy atom. The van der Waals surface area contributed by atoms with E-state index in [2.05, 4.69) is 31.4 Å². The summed E-state index contributed by atoms with van der Waals surface area (Å²) in [6.45, 7) is 2.92. The molecule has 0 spiro atoms. The first-order chi connectivity index (χ1) is 13.2. The van der Waals surface area contributed by atoms with E-state index in [1.165, 1.54) is 6.21 Å². The molecule has 1 fully saturated rings. The molecule has 1 aliphatic rings. The number of anilines is 1. The molecule has 4 rings (SSSR count). The second-order valence-electron chi connectivity index (χ2n) is 6.16. The number of ether oxygens (including phenoxy) is 1. The minimum absolute atomic E-state index is 0.268. The Labute approximate surface area is 164 Å². The number of carbonyl (C=O) groups excluding carboxylic acids is 1. The zero-order valence-electron chi connectivity index (χ0n) is 14.5. The number of furan rings is 1. The van der Waals surface area contributed by atoms with Gasteiger partial charge in [0.25, 0.3) is 5.91 Å². The fraction of sp³-hybridized carbons (Fsp3) is 0.200. The lowest BCUT2D eigenvalue weighted by Crippen LogP contribution is -2.36. The lowest BCUT2D eigenvalue weighted by Gasteiger charge is -2.26. The number of nitrogens with zero attached hydrogens (tertiary/aromatic N) is 2. The van der Waals surface area contributed by atoms with Crippen LogP contribution in [0, 0.1) is 0 Å². The van der Waals surface area contributed by atoms with Gasteiger partial charge in [-0.25, -0.2) is 5.43 Å². The van der Waals surface area contributed by atoms with Crippen molar-refractivity contribution in [3.05, 3.63) is 64.3 Å². The molecule has 1 N–H and O–H groups in total. The molecule has 1 aliphatic heterocycles. The van der Waals surface area contributed by atoms with Crippen LogP contribution in [0.3, 0.4) is 0 Å². The van der Waals surface area contributed by atoms with E-state index < -0.39 is 0 Å². The summed E-state index contributed by atoms with van der Waals surface area (Å²) < 4.78 is 12.0. The fourth-order valence-corrected chi connectivity index (χ4v) is 3.53. The van der Waals surface area contributed by atoms with Crippen LogP contribution in [-0.4, -0.2) is 38.4 Å². The second-order valence-corrected chi connectivity index (χ2v) is 7.02. The van der Waals surface area contributed by atoms with E-state index in [-0.39, 0.29) is 5.91 Å². The van der Waals surface area contributed by atoms with Gasteiger partial charge in [0.1, 0.15) is 0 Å². The third-order valence-corrected chi connectivity index (χ3v) is 4.92.